The number of nitrogens with zero attached hydrogens (tertiary/aromatic N) is 2. The van der Waals surface area contributed by atoms with Gasteiger partial charge < -0.3 is 9.47 Å². The van der Waals surface area contributed by atoms with E-state index in [0.717, 1.165) is 15.2 Å². The average Bonchev–Trinajstić information content (AvgIpc) is 2.78. The van der Waals surface area contributed by atoms with Crippen molar-refractivity contribution < 1.29 is 18.7 Å². The van der Waals surface area contributed by atoms with Crippen molar-refractivity contribution in [2.45, 2.75) is 6.61 Å². The van der Waals surface area contributed by atoms with E-state index in [1.165, 1.54) is 25.5 Å². The number of rotatable bonds is 7. The lowest BCUT2D eigenvalue weighted by Gasteiger charge is -2.13. The van der Waals surface area contributed by atoms with E-state index in [4.69, 9.17) is 26.3 Å². The fourth-order valence-corrected chi connectivity index (χ4v) is 3.59. The molecule has 0 saturated carbocycles. The van der Waals surface area contributed by atoms with E-state index in [9.17, 15) is 9.18 Å². The Morgan fingerprint density at radius 3 is 2.66 bits per heavy atom. The second kappa shape index (κ2) is 10.9. The van der Waals surface area contributed by atoms with E-state index in [1.54, 1.807) is 24.3 Å². The van der Waals surface area contributed by atoms with E-state index >= 15 is 0 Å². The summed E-state index contributed by atoms with van der Waals surface area (Å²) in [5, 5.41) is 13.3. The van der Waals surface area contributed by atoms with Gasteiger partial charge in [-0.25, -0.2) is 9.82 Å². The number of nitrogens with one attached hydrogen (secondary N) is 1. The Bertz CT molecular complexity index is 1210. The summed E-state index contributed by atoms with van der Waals surface area (Å²) in [6, 6.07) is 16.2. The zero-order chi connectivity index (χ0) is 23.1. The fraction of sp³-hybridized carbons (Fsp3) is 0.0870. The Kier molecular flexibility index (Phi) is 8.03. The molecule has 0 aromatic heterocycles. The van der Waals surface area contributed by atoms with Crippen LogP contribution in [-0.2, 0) is 6.61 Å². The molecule has 162 valence electrons. The minimum Gasteiger partial charge on any atom is -0.493 e. The van der Waals surface area contributed by atoms with Gasteiger partial charge in [-0.05, 0) is 76.2 Å². The minimum atomic E-state index is -0.796. The molecule has 6 nitrogen and oxygen atoms in total. The number of halogens is 3. The Hall–Kier alpha value is -3.16. The van der Waals surface area contributed by atoms with Gasteiger partial charge >= 0.3 is 0 Å². The highest BCUT2D eigenvalue weighted by Gasteiger charge is 2.13. The highest BCUT2D eigenvalue weighted by Crippen LogP contribution is 2.34. The van der Waals surface area contributed by atoms with Crippen LogP contribution in [0.1, 0.15) is 27.0 Å². The molecule has 0 radical (unpaired) electrons. The molecule has 0 fully saturated rings. The van der Waals surface area contributed by atoms with Gasteiger partial charge in [0.05, 0.1) is 34.1 Å². The molecule has 0 spiro atoms. The van der Waals surface area contributed by atoms with Crippen LogP contribution in [-0.4, -0.2) is 19.2 Å². The van der Waals surface area contributed by atoms with Gasteiger partial charge in [-0.2, -0.15) is 10.4 Å². The average molecular weight is 564 g/mol. The summed E-state index contributed by atoms with van der Waals surface area (Å²) in [6.45, 7) is 0.336. The maximum atomic E-state index is 13.9. The molecular weight excluding hydrogens is 548 g/mol. The minimum absolute atomic E-state index is 0.127. The summed E-state index contributed by atoms with van der Waals surface area (Å²) < 4.78 is 26.1. The van der Waals surface area contributed by atoms with E-state index in [0.29, 0.717) is 28.7 Å². The molecule has 0 aliphatic heterocycles. The first-order valence-corrected chi connectivity index (χ1v) is 10.6. The van der Waals surface area contributed by atoms with E-state index in [-0.39, 0.29) is 11.1 Å². The number of methoxy groups -OCH3 is 1. The van der Waals surface area contributed by atoms with Crippen LogP contribution in [0.5, 0.6) is 11.5 Å². The SMILES string of the molecule is COc1cc(/C=N/NC(=O)c2ccc(C#N)cc2F)cc(I)c1OCc1ccc(Cl)cc1. The van der Waals surface area contributed by atoms with E-state index < -0.39 is 11.7 Å². The summed E-state index contributed by atoms with van der Waals surface area (Å²) in [5.41, 5.74) is 3.79. The van der Waals surface area contributed by atoms with Gasteiger partial charge in [-0.1, -0.05) is 23.7 Å². The van der Waals surface area contributed by atoms with Crippen molar-refractivity contribution in [3.8, 4) is 17.6 Å². The molecule has 0 saturated heterocycles. The van der Waals surface area contributed by atoms with Crippen LogP contribution in [0.2, 0.25) is 5.02 Å². The lowest BCUT2D eigenvalue weighted by molar-refractivity contribution is 0.0951. The second-order valence-corrected chi connectivity index (χ2v) is 8.05. The van der Waals surface area contributed by atoms with Crippen LogP contribution < -0.4 is 14.9 Å². The molecule has 0 bridgehead atoms. The Balaban J connectivity index is 1.69. The van der Waals surface area contributed by atoms with Crippen LogP contribution in [0, 0.1) is 20.7 Å². The third-order valence-electron chi connectivity index (χ3n) is 4.27. The number of nitriles is 1. The molecule has 3 aromatic carbocycles. The number of hydrazone groups is 1. The van der Waals surface area contributed by atoms with Crippen molar-refractivity contribution >= 4 is 46.3 Å². The monoisotopic (exact) mass is 563 g/mol. The predicted octanol–water partition coefficient (Wildman–Crippen LogP) is 5.31. The lowest BCUT2D eigenvalue weighted by atomic mass is 10.1. The third kappa shape index (κ3) is 5.96. The van der Waals surface area contributed by atoms with Gasteiger partial charge in [-0.15, -0.1) is 0 Å². The number of carbonyl (C=O) groups excluding carboxylic acids is 1. The number of carbonyl (C=O) groups is 1. The summed E-state index contributed by atoms with van der Waals surface area (Å²) >= 11 is 8.02. The molecule has 3 aromatic rings. The number of ether oxygens (including phenoxy) is 2. The van der Waals surface area contributed by atoms with E-state index in [2.05, 4.69) is 33.1 Å². The third-order valence-corrected chi connectivity index (χ3v) is 5.32. The summed E-state index contributed by atoms with van der Waals surface area (Å²) in [7, 11) is 1.52. The standard InChI is InChI=1S/C23H16ClFIN3O3/c1-31-21-10-16(9-20(26)22(21)32-13-14-2-5-17(24)6-3-14)12-28-29-23(30)18-7-4-15(11-27)8-19(18)25/h2-10,12H,13H2,1H3,(H,29,30)/b28-12+. The molecule has 1 amide bonds. The van der Waals surface area contributed by atoms with Crippen molar-refractivity contribution in [3.05, 3.63) is 91.3 Å². The first-order chi connectivity index (χ1) is 15.4. The van der Waals surface area contributed by atoms with Crippen molar-refractivity contribution in [1.82, 2.24) is 5.43 Å². The van der Waals surface area contributed by atoms with Gasteiger partial charge in [0, 0.05) is 5.02 Å². The van der Waals surface area contributed by atoms with Gasteiger partial charge in [0.25, 0.3) is 5.91 Å². The second-order valence-electron chi connectivity index (χ2n) is 6.45. The molecule has 1 N–H and O–H groups in total. The molecule has 32 heavy (non-hydrogen) atoms. The molecular formula is C23H16ClFIN3O3. The van der Waals surface area contributed by atoms with Crippen molar-refractivity contribution in [1.29, 1.82) is 5.26 Å². The quantitative estimate of drug-likeness (QED) is 0.240. The van der Waals surface area contributed by atoms with Crippen molar-refractivity contribution in [2.24, 2.45) is 5.10 Å². The zero-order valence-electron chi connectivity index (χ0n) is 16.7. The molecule has 0 unspecified atom stereocenters. The number of hydrogen-bond acceptors (Lipinski definition) is 5. The van der Waals surface area contributed by atoms with Crippen LogP contribution in [0.25, 0.3) is 0 Å². The van der Waals surface area contributed by atoms with E-state index in [1.807, 2.05) is 18.2 Å². The van der Waals surface area contributed by atoms with Crippen molar-refractivity contribution in [2.75, 3.05) is 7.11 Å². The molecule has 0 aliphatic rings. The molecule has 0 aliphatic carbocycles. The molecule has 3 rings (SSSR count). The van der Waals surface area contributed by atoms with Crippen LogP contribution in [0.15, 0.2) is 59.7 Å². The Morgan fingerprint density at radius 2 is 2.00 bits per heavy atom. The van der Waals surface area contributed by atoms with Crippen LogP contribution >= 0.6 is 34.2 Å². The Morgan fingerprint density at radius 1 is 1.25 bits per heavy atom. The summed E-state index contributed by atoms with van der Waals surface area (Å²) in [5.74, 6) is -0.455. The predicted molar refractivity (Wildman–Crippen MR) is 128 cm³/mol. The first-order valence-electron chi connectivity index (χ1n) is 9.19. The number of hydrogen-bond donors (Lipinski definition) is 1. The highest BCUT2D eigenvalue weighted by atomic mass is 127. The number of amides is 1. The summed E-state index contributed by atoms with van der Waals surface area (Å²) in [4.78, 5) is 12.1. The zero-order valence-corrected chi connectivity index (χ0v) is 19.6. The highest BCUT2D eigenvalue weighted by molar-refractivity contribution is 14.1. The summed E-state index contributed by atoms with van der Waals surface area (Å²) in [6.07, 6.45) is 1.41. The van der Waals surface area contributed by atoms with Gasteiger partial charge in [0.2, 0.25) is 0 Å². The Labute approximate surface area is 202 Å². The maximum Gasteiger partial charge on any atom is 0.274 e. The molecule has 9 heteroatoms. The van der Waals surface area contributed by atoms with Crippen molar-refractivity contribution in [3.63, 3.8) is 0 Å². The smallest absolute Gasteiger partial charge is 0.274 e. The topological polar surface area (TPSA) is 83.7 Å². The largest absolute Gasteiger partial charge is 0.493 e. The van der Waals surface area contributed by atoms with Crippen LogP contribution in [0.3, 0.4) is 0 Å². The normalized spacial score (nSPS) is 10.6. The maximum absolute atomic E-state index is 13.9. The first kappa shape index (κ1) is 23.5. The fourth-order valence-electron chi connectivity index (χ4n) is 2.68. The van der Waals surface area contributed by atoms with Gasteiger partial charge in [0.15, 0.2) is 11.5 Å². The molecule has 0 atom stereocenters. The number of benzene rings is 3. The lowest BCUT2D eigenvalue weighted by Crippen LogP contribution is -2.19. The van der Waals surface area contributed by atoms with Gasteiger partial charge in [0.1, 0.15) is 12.4 Å². The van der Waals surface area contributed by atoms with Crippen LogP contribution in [0.4, 0.5) is 4.39 Å². The molecule has 0 heterocycles. The van der Waals surface area contributed by atoms with Gasteiger partial charge in [-0.3, -0.25) is 4.79 Å².